The largest absolute Gasteiger partial charge is 0.461 e. The van der Waals surface area contributed by atoms with E-state index >= 15 is 0 Å². The van der Waals surface area contributed by atoms with Crippen molar-refractivity contribution in [2.24, 2.45) is 0 Å². The molecule has 0 unspecified atom stereocenters. The van der Waals surface area contributed by atoms with E-state index in [1.54, 1.807) is 6.26 Å². The van der Waals surface area contributed by atoms with Gasteiger partial charge in [0.2, 0.25) is 11.7 Å². The molecule has 7 nitrogen and oxygen atoms in total. The zero-order valence-electron chi connectivity index (χ0n) is 20.4. The molecule has 3 aromatic carbocycles. The normalized spacial score (nSPS) is 14.3. The van der Waals surface area contributed by atoms with Gasteiger partial charge in [-0.15, -0.1) is 10.2 Å². The van der Waals surface area contributed by atoms with E-state index in [0.717, 1.165) is 49.2 Å². The quantitative estimate of drug-likeness (QED) is 0.284. The number of thioether (sulfide) groups is 1. The van der Waals surface area contributed by atoms with E-state index in [4.69, 9.17) is 4.42 Å². The Bertz CT molecular complexity index is 1490. The SMILES string of the molecule is O=C(CSc1nnc(-c2ccco2)n1-c1cccc2ccccc12)N1CCN(Cc2ccccc2)CC1. The van der Waals surface area contributed by atoms with Crippen molar-refractivity contribution in [1.82, 2.24) is 24.6 Å². The van der Waals surface area contributed by atoms with E-state index in [-0.39, 0.29) is 5.91 Å². The van der Waals surface area contributed by atoms with Gasteiger partial charge in [0.15, 0.2) is 10.9 Å². The van der Waals surface area contributed by atoms with Crippen molar-refractivity contribution >= 4 is 28.4 Å². The summed E-state index contributed by atoms with van der Waals surface area (Å²) in [4.78, 5) is 17.5. The summed E-state index contributed by atoms with van der Waals surface area (Å²) >= 11 is 1.42. The average Bonchev–Trinajstić information content (AvgIpc) is 3.63. The van der Waals surface area contributed by atoms with E-state index in [1.807, 2.05) is 45.9 Å². The highest BCUT2D eigenvalue weighted by Gasteiger charge is 2.24. The molecule has 0 spiro atoms. The predicted molar refractivity (Wildman–Crippen MR) is 146 cm³/mol. The monoisotopic (exact) mass is 509 g/mol. The van der Waals surface area contributed by atoms with Crippen LogP contribution in [0.25, 0.3) is 28.0 Å². The maximum Gasteiger partial charge on any atom is 0.233 e. The summed E-state index contributed by atoms with van der Waals surface area (Å²) in [6.45, 7) is 4.14. The number of benzene rings is 3. The van der Waals surface area contributed by atoms with Crippen LogP contribution in [0.1, 0.15) is 5.56 Å². The van der Waals surface area contributed by atoms with E-state index in [0.29, 0.717) is 22.5 Å². The third-order valence-electron chi connectivity index (χ3n) is 6.68. The molecule has 37 heavy (non-hydrogen) atoms. The number of carbonyl (C=O) groups is 1. The number of amides is 1. The smallest absolute Gasteiger partial charge is 0.233 e. The Kier molecular flexibility index (Phi) is 6.75. The molecule has 1 saturated heterocycles. The molecule has 1 amide bonds. The van der Waals surface area contributed by atoms with Crippen molar-refractivity contribution in [3.05, 3.63) is 96.8 Å². The number of nitrogens with zero attached hydrogens (tertiary/aromatic N) is 5. The first kappa shape index (κ1) is 23.5. The number of hydrogen-bond acceptors (Lipinski definition) is 6. The van der Waals surface area contributed by atoms with Crippen molar-refractivity contribution in [1.29, 1.82) is 0 Å². The molecule has 8 heteroatoms. The molecule has 0 aliphatic carbocycles. The van der Waals surface area contributed by atoms with Gasteiger partial charge in [-0.3, -0.25) is 14.3 Å². The van der Waals surface area contributed by atoms with Crippen LogP contribution < -0.4 is 0 Å². The Morgan fingerprint density at radius 3 is 2.43 bits per heavy atom. The van der Waals surface area contributed by atoms with Crippen molar-refractivity contribution in [2.75, 3.05) is 31.9 Å². The topological polar surface area (TPSA) is 67.4 Å². The number of aromatic nitrogens is 3. The summed E-state index contributed by atoms with van der Waals surface area (Å²) in [5, 5.41) is 11.8. The van der Waals surface area contributed by atoms with Crippen LogP contribution in [0.15, 0.2) is 101 Å². The van der Waals surface area contributed by atoms with Gasteiger partial charge in [0, 0.05) is 38.1 Å². The third kappa shape index (κ3) is 5.03. The second-order valence-corrected chi connectivity index (χ2v) is 9.99. The lowest BCUT2D eigenvalue weighted by Gasteiger charge is -2.34. The Hall–Kier alpha value is -3.88. The molecule has 0 radical (unpaired) electrons. The number of hydrogen-bond donors (Lipinski definition) is 0. The fraction of sp³-hybridized carbons (Fsp3) is 0.207. The van der Waals surface area contributed by atoms with Gasteiger partial charge in [-0.2, -0.15) is 0 Å². The van der Waals surface area contributed by atoms with Gasteiger partial charge in [-0.05, 0) is 29.1 Å². The van der Waals surface area contributed by atoms with Gasteiger partial charge in [0.05, 0.1) is 17.7 Å². The number of furan rings is 1. The molecule has 6 rings (SSSR count). The highest BCUT2D eigenvalue weighted by Crippen LogP contribution is 2.32. The van der Waals surface area contributed by atoms with Crippen LogP contribution in [-0.2, 0) is 11.3 Å². The van der Waals surface area contributed by atoms with Gasteiger partial charge in [0.1, 0.15) is 0 Å². The molecule has 0 bridgehead atoms. The molecule has 1 fully saturated rings. The van der Waals surface area contributed by atoms with Crippen LogP contribution in [0.2, 0.25) is 0 Å². The lowest BCUT2D eigenvalue weighted by Crippen LogP contribution is -2.48. The first-order valence-electron chi connectivity index (χ1n) is 12.4. The molecule has 0 atom stereocenters. The van der Waals surface area contributed by atoms with Crippen LogP contribution in [0.5, 0.6) is 0 Å². The van der Waals surface area contributed by atoms with Crippen molar-refractivity contribution in [3.8, 4) is 17.3 Å². The number of carbonyl (C=O) groups excluding carboxylic acids is 1. The first-order chi connectivity index (χ1) is 18.3. The molecule has 0 N–H and O–H groups in total. The second-order valence-electron chi connectivity index (χ2n) is 9.05. The Morgan fingerprint density at radius 2 is 1.62 bits per heavy atom. The van der Waals surface area contributed by atoms with Gasteiger partial charge in [-0.25, -0.2) is 0 Å². The van der Waals surface area contributed by atoms with Gasteiger partial charge in [-0.1, -0.05) is 78.5 Å². The maximum absolute atomic E-state index is 13.1. The summed E-state index contributed by atoms with van der Waals surface area (Å²) in [5.41, 5.74) is 2.26. The number of rotatable bonds is 7. The Balaban J connectivity index is 1.18. The predicted octanol–water partition coefficient (Wildman–Crippen LogP) is 5.12. The molecule has 1 aliphatic heterocycles. The molecular formula is C29H27N5O2S. The minimum absolute atomic E-state index is 0.122. The lowest BCUT2D eigenvalue weighted by molar-refractivity contribution is -0.130. The fourth-order valence-electron chi connectivity index (χ4n) is 4.76. The summed E-state index contributed by atoms with van der Waals surface area (Å²) in [7, 11) is 0. The summed E-state index contributed by atoms with van der Waals surface area (Å²) in [6, 6.07) is 28.6. The molecular weight excluding hydrogens is 482 g/mol. The zero-order valence-corrected chi connectivity index (χ0v) is 21.2. The molecule has 2 aromatic heterocycles. The van der Waals surface area contributed by atoms with Gasteiger partial charge >= 0.3 is 0 Å². The molecule has 5 aromatic rings. The van der Waals surface area contributed by atoms with Crippen LogP contribution in [0.4, 0.5) is 0 Å². The molecule has 1 aliphatic rings. The Morgan fingerprint density at radius 1 is 0.838 bits per heavy atom. The van der Waals surface area contributed by atoms with Crippen LogP contribution in [0, 0.1) is 0 Å². The zero-order chi connectivity index (χ0) is 25.0. The summed E-state index contributed by atoms with van der Waals surface area (Å²) in [6.07, 6.45) is 1.63. The maximum atomic E-state index is 13.1. The van der Waals surface area contributed by atoms with Crippen molar-refractivity contribution in [3.63, 3.8) is 0 Å². The molecule has 186 valence electrons. The second kappa shape index (κ2) is 10.6. The van der Waals surface area contributed by atoms with E-state index in [1.165, 1.54) is 17.3 Å². The minimum atomic E-state index is 0.122. The molecule has 0 saturated carbocycles. The van der Waals surface area contributed by atoms with Crippen LogP contribution >= 0.6 is 11.8 Å². The average molecular weight is 510 g/mol. The standard InChI is InChI=1S/C29H27N5O2S/c35-27(33-17-15-32(16-18-33)20-22-8-2-1-3-9-22)21-37-29-31-30-28(26-14-7-19-36-26)34(29)25-13-6-11-23-10-4-5-12-24(23)25/h1-14,19H,15-18,20-21H2. The van der Waals surface area contributed by atoms with Crippen molar-refractivity contribution < 1.29 is 9.21 Å². The van der Waals surface area contributed by atoms with Crippen LogP contribution in [0.3, 0.4) is 0 Å². The van der Waals surface area contributed by atoms with E-state index < -0.39 is 0 Å². The minimum Gasteiger partial charge on any atom is -0.461 e. The highest BCUT2D eigenvalue weighted by molar-refractivity contribution is 7.99. The summed E-state index contributed by atoms with van der Waals surface area (Å²) < 4.78 is 7.67. The van der Waals surface area contributed by atoms with E-state index in [9.17, 15) is 4.79 Å². The first-order valence-corrected chi connectivity index (χ1v) is 13.4. The lowest BCUT2D eigenvalue weighted by atomic mass is 10.1. The third-order valence-corrected chi connectivity index (χ3v) is 7.59. The van der Waals surface area contributed by atoms with E-state index in [2.05, 4.69) is 63.6 Å². The fourth-order valence-corrected chi connectivity index (χ4v) is 5.61. The van der Waals surface area contributed by atoms with Crippen LogP contribution in [-0.4, -0.2) is 62.4 Å². The number of piperazine rings is 1. The highest BCUT2D eigenvalue weighted by atomic mass is 32.2. The Labute approximate surface area is 219 Å². The van der Waals surface area contributed by atoms with Gasteiger partial charge < -0.3 is 9.32 Å². The van der Waals surface area contributed by atoms with Gasteiger partial charge in [0.25, 0.3) is 0 Å². The number of fused-ring (bicyclic) bond motifs is 1. The summed E-state index contributed by atoms with van der Waals surface area (Å²) in [5.74, 6) is 1.68. The molecule has 3 heterocycles. The van der Waals surface area contributed by atoms with Crippen molar-refractivity contribution in [2.45, 2.75) is 11.7 Å².